The standard InChI is InChI=1S/C14H21F2N3O/c1-14(2)5-10(17)9-7-18-13(19-11(9)6-14)3-4-20-8-12(15)16/h7,10,12H,3-6,8,17H2,1-2H3. The molecule has 0 radical (unpaired) electrons. The Bertz CT molecular complexity index is 466. The molecule has 1 atom stereocenters. The van der Waals surface area contributed by atoms with Crippen molar-refractivity contribution in [1.82, 2.24) is 9.97 Å². The third-order valence-corrected chi connectivity index (χ3v) is 3.48. The van der Waals surface area contributed by atoms with Crippen molar-refractivity contribution in [2.24, 2.45) is 11.1 Å². The summed E-state index contributed by atoms with van der Waals surface area (Å²) in [4.78, 5) is 8.77. The van der Waals surface area contributed by atoms with Crippen molar-refractivity contribution in [2.45, 2.75) is 45.6 Å². The first-order valence-corrected chi connectivity index (χ1v) is 6.83. The van der Waals surface area contributed by atoms with Crippen LogP contribution in [-0.4, -0.2) is 29.6 Å². The Kier molecular flexibility index (Phi) is 4.65. The maximum Gasteiger partial charge on any atom is 0.261 e. The zero-order chi connectivity index (χ0) is 14.8. The van der Waals surface area contributed by atoms with E-state index >= 15 is 0 Å². The van der Waals surface area contributed by atoms with Gasteiger partial charge in [0.2, 0.25) is 0 Å². The van der Waals surface area contributed by atoms with Gasteiger partial charge in [0.15, 0.2) is 0 Å². The monoisotopic (exact) mass is 285 g/mol. The molecule has 1 aromatic heterocycles. The molecule has 0 fully saturated rings. The molecule has 1 aromatic rings. The number of hydrogen-bond acceptors (Lipinski definition) is 4. The van der Waals surface area contributed by atoms with Gasteiger partial charge in [-0.1, -0.05) is 13.8 Å². The molecule has 0 bridgehead atoms. The number of nitrogens with zero attached hydrogens (tertiary/aromatic N) is 2. The van der Waals surface area contributed by atoms with Crippen molar-refractivity contribution in [3.8, 4) is 0 Å². The molecule has 0 aromatic carbocycles. The molecule has 2 rings (SSSR count). The predicted octanol–water partition coefficient (Wildman–Crippen LogP) is 2.27. The van der Waals surface area contributed by atoms with Gasteiger partial charge in [0.25, 0.3) is 6.43 Å². The third kappa shape index (κ3) is 3.93. The molecule has 2 N–H and O–H groups in total. The first-order valence-electron chi connectivity index (χ1n) is 6.83. The first kappa shape index (κ1) is 15.3. The van der Waals surface area contributed by atoms with Gasteiger partial charge in [-0.2, -0.15) is 0 Å². The minimum atomic E-state index is -2.43. The second kappa shape index (κ2) is 6.10. The summed E-state index contributed by atoms with van der Waals surface area (Å²) in [6.45, 7) is 4.01. The fourth-order valence-electron chi connectivity index (χ4n) is 2.61. The van der Waals surface area contributed by atoms with Gasteiger partial charge in [-0.15, -0.1) is 0 Å². The highest BCUT2D eigenvalue weighted by molar-refractivity contribution is 5.26. The van der Waals surface area contributed by atoms with Crippen LogP contribution in [0.15, 0.2) is 6.20 Å². The van der Waals surface area contributed by atoms with Crippen LogP contribution in [0.1, 0.15) is 43.4 Å². The minimum absolute atomic E-state index is 0.0297. The molecule has 1 aliphatic carbocycles. The lowest BCUT2D eigenvalue weighted by molar-refractivity contribution is 0.0182. The van der Waals surface area contributed by atoms with E-state index in [0.29, 0.717) is 12.2 Å². The number of halogens is 2. The minimum Gasteiger partial charge on any atom is -0.375 e. The maximum absolute atomic E-state index is 11.9. The molecule has 0 amide bonds. The maximum atomic E-state index is 11.9. The molecule has 0 saturated carbocycles. The van der Waals surface area contributed by atoms with E-state index in [1.165, 1.54) is 0 Å². The average Bonchev–Trinajstić information content (AvgIpc) is 2.32. The van der Waals surface area contributed by atoms with Gasteiger partial charge in [0.05, 0.1) is 6.61 Å². The quantitative estimate of drug-likeness (QED) is 0.843. The number of nitrogens with two attached hydrogens (primary N) is 1. The lowest BCUT2D eigenvalue weighted by Gasteiger charge is -2.34. The van der Waals surface area contributed by atoms with Gasteiger partial charge >= 0.3 is 0 Å². The lowest BCUT2D eigenvalue weighted by atomic mass is 9.74. The van der Waals surface area contributed by atoms with E-state index in [4.69, 9.17) is 10.5 Å². The number of rotatable bonds is 5. The fraction of sp³-hybridized carbons (Fsp3) is 0.714. The highest BCUT2D eigenvalue weighted by Gasteiger charge is 2.31. The summed E-state index contributed by atoms with van der Waals surface area (Å²) in [5.74, 6) is 0.628. The lowest BCUT2D eigenvalue weighted by Crippen LogP contribution is -2.31. The Morgan fingerprint density at radius 3 is 2.95 bits per heavy atom. The topological polar surface area (TPSA) is 61.0 Å². The Morgan fingerprint density at radius 2 is 2.25 bits per heavy atom. The van der Waals surface area contributed by atoms with Gasteiger partial charge in [-0.3, -0.25) is 0 Å². The van der Waals surface area contributed by atoms with Crippen molar-refractivity contribution in [3.05, 3.63) is 23.3 Å². The Labute approximate surface area is 117 Å². The van der Waals surface area contributed by atoms with Gasteiger partial charge < -0.3 is 10.5 Å². The molecular formula is C14H21F2N3O. The largest absolute Gasteiger partial charge is 0.375 e. The van der Waals surface area contributed by atoms with Crippen molar-refractivity contribution >= 4 is 0 Å². The summed E-state index contributed by atoms with van der Waals surface area (Å²) < 4.78 is 28.7. The summed E-state index contributed by atoms with van der Waals surface area (Å²) in [7, 11) is 0. The van der Waals surface area contributed by atoms with E-state index in [1.54, 1.807) is 6.20 Å². The zero-order valence-corrected chi connectivity index (χ0v) is 11.9. The van der Waals surface area contributed by atoms with E-state index in [0.717, 1.165) is 24.1 Å². The van der Waals surface area contributed by atoms with Crippen LogP contribution in [0.25, 0.3) is 0 Å². The van der Waals surface area contributed by atoms with E-state index in [2.05, 4.69) is 23.8 Å². The van der Waals surface area contributed by atoms with Crippen LogP contribution in [-0.2, 0) is 17.6 Å². The SMILES string of the molecule is CC1(C)Cc2nc(CCOCC(F)F)ncc2C(N)C1. The molecule has 4 nitrogen and oxygen atoms in total. The highest BCUT2D eigenvalue weighted by atomic mass is 19.3. The second-order valence-corrected chi connectivity index (χ2v) is 6.06. The van der Waals surface area contributed by atoms with Gasteiger partial charge in [-0.05, 0) is 18.3 Å². The van der Waals surface area contributed by atoms with E-state index < -0.39 is 13.0 Å². The summed E-state index contributed by atoms with van der Waals surface area (Å²) >= 11 is 0. The number of ether oxygens (including phenoxy) is 1. The summed E-state index contributed by atoms with van der Waals surface area (Å²) in [5, 5.41) is 0. The van der Waals surface area contributed by atoms with E-state index in [1.807, 2.05) is 0 Å². The number of aromatic nitrogens is 2. The molecule has 0 aliphatic heterocycles. The summed E-state index contributed by atoms with van der Waals surface area (Å²) in [5.41, 5.74) is 8.25. The van der Waals surface area contributed by atoms with Crippen LogP contribution in [0.2, 0.25) is 0 Å². The van der Waals surface area contributed by atoms with Gasteiger partial charge in [-0.25, -0.2) is 18.7 Å². The molecule has 1 unspecified atom stereocenters. The normalized spacial score (nSPS) is 21.0. The van der Waals surface area contributed by atoms with E-state index in [9.17, 15) is 8.78 Å². The van der Waals surface area contributed by atoms with Crippen molar-refractivity contribution in [2.75, 3.05) is 13.2 Å². The van der Waals surface area contributed by atoms with Crippen LogP contribution in [0.4, 0.5) is 8.78 Å². The number of fused-ring (bicyclic) bond motifs is 1. The molecule has 0 spiro atoms. The number of hydrogen-bond donors (Lipinski definition) is 1. The van der Waals surface area contributed by atoms with E-state index in [-0.39, 0.29) is 18.1 Å². The summed E-state index contributed by atoms with van der Waals surface area (Å²) in [6, 6.07) is -0.0297. The molecule has 1 aliphatic rings. The fourth-order valence-corrected chi connectivity index (χ4v) is 2.61. The first-order chi connectivity index (χ1) is 9.37. The molecule has 1 heterocycles. The van der Waals surface area contributed by atoms with Crippen LogP contribution >= 0.6 is 0 Å². The molecular weight excluding hydrogens is 264 g/mol. The number of alkyl halides is 2. The Morgan fingerprint density at radius 1 is 1.50 bits per heavy atom. The van der Waals surface area contributed by atoms with Crippen molar-refractivity contribution in [1.29, 1.82) is 0 Å². The van der Waals surface area contributed by atoms with Crippen molar-refractivity contribution < 1.29 is 13.5 Å². The Balaban J connectivity index is 2.00. The Hall–Kier alpha value is -1.14. The second-order valence-electron chi connectivity index (χ2n) is 6.06. The highest BCUT2D eigenvalue weighted by Crippen LogP contribution is 2.38. The molecule has 6 heteroatoms. The molecule has 20 heavy (non-hydrogen) atoms. The molecule has 0 saturated heterocycles. The van der Waals surface area contributed by atoms with Gasteiger partial charge in [0.1, 0.15) is 12.4 Å². The van der Waals surface area contributed by atoms with Crippen LogP contribution < -0.4 is 5.73 Å². The van der Waals surface area contributed by atoms with Crippen molar-refractivity contribution in [3.63, 3.8) is 0 Å². The van der Waals surface area contributed by atoms with Crippen LogP contribution in [0.3, 0.4) is 0 Å². The van der Waals surface area contributed by atoms with Crippen LogP contribution in [0.5, 0.6) is 0 Å². The summed E-state index contributed by atoms with van der Waals surface area (Å²) in [6.07, 6.45) is 1.56. The van der Waals surface area contributed by atoms with Crippen LogP contribution in [0, 0.1) is 5.41 Å². The van der Waals surface area contributed by atoms with Gasteiger partial charge in [0, 0.05) is 29.9 Å². The average molecular weight is 285 g/mol. The third-order valence-electron chi connectivity index (χ3n) is 3.48. The zero-order valence-electron chi connectivity index (χ0n) is 11.9. The molecule has 112 valence electrons. The smallest absolute Gasteiger partial charge is 0.261 e. The predicted molar refractivity (Wildman–Crippen MR) is 71.6 cm³/mol.